The molecule has 1 fully saturated rings. The summed E-state index contributed by atoms with van der Waals surface area (Å²) < 4.78 is 18.7. The standard InChI is InChI=1S/C24H19FO4S/c1-13-18(9-14-3-6-16(30-2)7-4-14)17-8-5-15(25)10-20(17)19(13)11-21(26)23-22(27)12-29-24(23)28/h3-10,26H,11-12H2,1-2H3/b18-9-,23-21+. The molecule has 1 heterocycles. The van der Waals surface area contributed by atoms with Crippen LogP contribution in [0.1, 0.15) is 30.0 Å². The Labute approximate surface area is 177 Å². The summed E-state index contributed by atoms with van der Waals surface area (Å²) >= 11 is 1.66. The van der Waals surface area contributed by atoms with Gasteiger partial charge in [0, 0.05) is 11.3 Å². The molecule has 1 saturated heterocycles. The summed E-state index contributed by atoms with van der Waals surface area (Å²) in [5, 5.41) is 10.5. The Morgan fingerprint density at radius 1 is 1.17 bits per heavy atom. The first-order valence-electron chi connectivity index (χ1n) is 9.37. The molecular weight excluding hydrogens is 403 g/mol. The molecule has 1 aliphatic carbocycles. The molecule has 4 rings (SSSR count). The van der Waals surface area contributed by atoms with Crippen LogP contribution in [0.15, 0.2) is 64.3 Å². The van der Waals surface area contributed by atoms with Gasteiger partial charge in [0.2, 0.25) is 5.78 Å². The minimum Gasteiger partial charge on any atom is -0.511 e. The number of aliphatic hydroxyl groups excluding tert-OH is 1. The van der Waals surface area contributed by atoms with Crippen LogP contribution < -0.4 is 0 Å². The van der Waals surface area contributed by atoms with Gasteiger partial charge < -0.3 is 9.84 Å². The summed E-state index contributed by atoms with van der Waals surface area (Å²) in [6.45, 7) is 1.53. The number of hydrogen-bond donors (Lipinski definition) is 1. The van der Waals surface area contributed by atoms with Gasteiger partial charge in [-0.25, -0.2) is 9.18 Å². The second kappa shape index (κ2) is 7.95. The van der Waals surface area contributed by atoms with E-state index < -0.39 is 17.6 Å². The van der Waals surface area contributed by atoms with E-state index >= 15 is 0 Å². The molecule has 4 nitrogen and oxygen atoms in total. The molecule has 30 heavy (non-hydrogen) atoms. The number of halogens is 1. The summed E-state index contributed by atoms with van der Waals surface area (Å²) in [4.78, 5) is 24.8. The van der Waals surface area contributed by atoms with Crippen molar-refractivity contribution < 1.29 is 23.8 Å². The Morgan fingerprint density at radius 2 is 1.90 bits per heavy atom. The van der Waals surface area contributed by atoms with Crippen LogP contribution in [0.3, 0.4) is 0 Å². The number of carbonyl (C=O) groups is 2. The third kappa shape index (κ3) is 3.59. The van der Waals surface area contributed by atoms with Crippen molar-refractivity contribution in [2.45, 2.75) is 18.2 Å². The summed E-state index contributed by atoms with van der Waals surface area (Å²) in [5.41, 5.74) is 4.61. The van der Waals surface area contributed by atoms with Crippen LogP contribution in [0.2, 0.25) is 0 Å². The number of fused-ring (bicyclic) bond motifs is 1. The van der Waals surface area contributed by atoms with Gasteiger partial charge in [-0.15, -0.1) is 11.8 Å². The highest BCUT2D eigenvalue weighted by Gasteiger charge is 2.33. The second-order valence-electron chi connectivity index (χ2n) is 7.12. The molecule has 0 spiro atoms. The van der Waals surface area contributed by atoms with Gasteiger partial charge in [-0.2, -0.15) is 0 Å². The predicted molar refractivity (Wildman–Crippen MR) is 115 cm³/mol. The average molecular weight is 422 g/mol. The third-order valence-corrected chi connectivity index (χ3v) is 6.07. The van der Waals surface area contributed by atoms with E-state index in [0.717, 1.165) is 27.2 Å². The zero-order valence-electron chi connectivity index (χ0n) is 16.5. The number of esters is 1. The number of ether oxygens (including phenoxy) is 1. The molecule has 0 bridgehead atoms. The lowest BCUT2D eigenvalue weighted by atomic mass is 9.99. The Bertz CT molecular complexity index is 1140. The number of cyclic esters (lactones) is 1. The van der Waals surface area contributed by atoms with E-state index in [9.17, 15) is 19.1 Å². The highest BCUT2D eigenvalue weighted by molar-refractivity contribution is 7.98. The molecule has 0 saturated carbocycles. The van der Waals surface area contributed by atoms with Crippen molar-refractivity contribution >= 4 is 40.7 Å². The van der Waals surface area contributed by atoms with Gasteiger partial charge >= 0.3 is 5.97 Å². The minimum absolute atomic E-state index is 0.0544. The quantitative estimate of drug-likeness (QED) is 0.241. The first-order valence-corrected chi connectivity index (χ1v) is 10.6. The van der Waals surface area contributed by atoms with Gasteiger partial charge in [-0.05, 0) is 76.9 Å². The molecule has 0 atom stereocenters. The molecule has 152 valence electrons. The number of benzene rings is 2. The maximum Gasteiger partial charge on any atom is 0.345 e. The molecule has 0 radical (unpaired) electrons. The number of allylic oxidation sites excluding steroid dienone is 3. The maximum atomic E-state index is 14.0. The lowest BCUT2D eigenvalue weighted by molar-refractivity contribution is -0.135. The SMILES string of the molecule is CSc1ccc(/C=C2/C(C)=C(C/C(O)=C3/C(=O)COC3=O)c3cc(F)ccc32)cc1. The summed E-state index contributed by atoms with van der Waals surface area (Å²) in [6.07, 6.45) is 3.98. The largest absolute Gasteiger partial charge is 0.511 e. The highest BCUT2D eigenvalue weighted by atomic mass is 32.2. The van der Waals surface area contributed by atoms with Gasteiger partial charge in [0.1, 0.15) is 17.1 Å². The van der Waals surface area contributed by atoms with Gasteiger partial charge in [-0.3, -0.25) is 4.79 Å². The van der Waals surface area contributed by atoms with E-state index in [1.54, 1.807) is 17.8 Å². The molecule has 6 heteroatoms. The van der Waals surface area contributed by atoms with Crippen molar-refractivity contribution in [3.8, 4) is 0 Å². The normalized spacial score (nSPS) is 18.8. The smallest absolute Gasteiger partial charge is 0.345 e. The Morgan fingerprint density at radius 3 is 2.53 bits per heavy atom. The highest BCUT2D eigenvalue weighted by Crippen LogP contribution is 2.45. The van der Waals surface area contributed by atoms with E-state index in [0.29, 0.717) is 11.1 Å². The molecule has 0 aromatic heterocycles. The molecule has 0 amide bonds. The fourth-order valence-electron chi connectivity index (χ4n) is 3.77. The van der Waals surface area contributed by atoms with Crippen LogP contribution in [-0.2, 0) is 14.3 Å². The number of Topliss-reactive ketones (excluding diaryl/α,β-unsaturated/α-hetero) is 1. The van der Waals surface area contributed by atoms with Gasteiger partial charge in [0.05, 0.1) is 0 Å². The second-order valence-corrected chi connectivity index (χ2v) is 8.00. The first kappa shape index (κ1) is 20.2. The fourth-order valence-corrected chi connectivity index (χ4v) is 4.18. The fraction of sp³-hybridized carbons (Fsp3) is 0.167. The van der Waals surface area contributed by atoms with E-state index in [4.69, 9.17) is 4.74 Å². The molecule has 2 aromatic carbocycles. The van der Waals surface area contributed by atoms with Crippen LogP contribution in [0.5, 0.6) is 0 Å². The van der Waals surface area contributed by atoms with Crippen molar-refractivity contribution in [2.75, 3.05) is 12.9 Å². The monoisotopic (exact) mass is 422 g/mol. The maximum absolute atomic E-state index is 14.0. The van der Waals surface area contributed by atoms with Gasteiger partial charge in [-0.1, -0.05) is 18.2 Å². The molecular formula is C24H19FO4S. The number of thioether (sulfide) groups is 1. The molecule has 0 unspecified atom stereocenters. The Balaban J connectivity index is 1.80. The van der Waals surface area contributed by atoms with Crippen LogP contribution in [0.25, 0.3) is 17.2 Å². The minimum atomic E-state index is -0.821. The number of carbonyl (C=O) groups excluding carboxylic acids is 2. The summed E-state index contributed by atoms with van der Waals surface area (Å²) in [6, 6.07) is 12.6. The molecule has 2 aromatic rings. The Kier molecular flexibility index (Phi) is 5.35. The summed E-state index contributed by atoms with van der Waals surface area (Å²) in [7, 11) is 0. The van der Waals surface area contributed by atoms with Crippen molar-refractivity contribution in [2.24, 2.45) is 0 Å². The third-order valence-electron chi connectivity index (χ3n) is 5.33. The van der Waals surface area contributed by atoms with Crippen molar-refractivity contribution in [3.63, 3.8) is 0 Å². The number of aliphatic hydroxyl groups is 1. The van der Waals surface area contributed by atoms with Crippen LogP contribution in [0.4, 0.5) is 4.39 Å². The average Bonchev–Trinajstić information content (AvgIpc) is 3.19. The van der Waals surface area contributed by atoms with E-state index in [1.165, 1.54) is 12.1 Å². The van der Waals surface area contributed by atoms with E-state index in [-0.39, 0.29) is 24.4 Å². The molecule has 2 aliphatic rings. The van der Waals surface area contributed by atoms with Gasteiger partial charge in [0.15, 0.2) is 6.61 Å². The van der Waals surface area contributed by atoms with E-state index in [1.807, 2.05) is 43.5 Å². The number of ketones is 1. The van der Waals surface area contributed by atoms with Crippen molar-refractivity contribution in [1.82, 2.24) is 0 Å². The lowest BCUT2D eigenvalue weighted by Gasteiger charge is -2.07. The molecule has 1 N–H and O–H groups in total. The van der Waals surface area contributed by atoms with Crippen molar-refractivity contribution in [1.29, 1.82) is 0 Å². The Hall–Kier alpha value is -3.12. The van der Waals surface area contributed by atoms with Crippen LogP contribution in [0, 0.1) is 5.82 Å². The van der Waals surface area contributed by atoms with Crippen LogP contribution in [-0.4, -0.2) is 29.7 Å². The zero-order valence-corrected chi connectivity index (χ0v) is 17.3. The number of hydrogen-bond acceptors (Lipinski definition) is 5. The summed E-state index contributed by atoms with van der Waals surface area (Å²) in [5.74, 6) is -2.11. The lowest BCUT2D eigenvalue weighted by Crippen LogP contribution is -2.06. The number of rotatable bonds is 4. The predicted octanol–water partition coefficient (Wildman–Crippen LogP) is 5.20. The molecule has 1 aliphatic heterocycles. The van der Waals surface area contributed by atoms with Crippen molar-refractivity contribution in [3.05, 3.63) is 81.9 Å². The van der Waals surface area contributed by atoms with Gasteiger partial charge in [0.25, 0.3) is 0 Å². The first-order chi connectivity index (χ1) is 14.4. The van der Waals surface area contributed by atoms with Crippen LogP contribution >= 0.6 is 11.8 Å². The van der Waals surface area contributed by atoms with E-state index in [2.05, 4.69) is 0 Å². The zero-order chi connectivity index (χ0) is 21.4. The topological polar surface area (TPSA) is 63.6 Å².